The SMILES string of the molecule is CCC(CC)(NC(=O)c1ccncc1Cl)C(N)=S. The van der Waals surface area contributed by atoms with Crippen LogP contribution in [-0.2, 0) is 0 Å². The quantitative estimate of drug-likeness (QED) is 0.815. The lowest BCUT2D eigenvalue weighted by Gasteiger charge is -2.31. The number of halogens is 1. The van der Waals surface area contributed by atoms with E-state index >= 15 is 0 Å². The van der Waals surface area contributed by atoms with Crippen molar-refractivity contribution in [2.24, 2.45) is 5.73 Å². The second-order valence-corrected chi connectivity index (χ2v) is 4.81. The Morgan fingerprint density at radius 1 is 1.56 bits per heavy atom. The molecule has 0 fully saturated rings. The van der Waals surface area contributed by atoms with Crippen LogP contribution in [0.5, 0.6) is 0 Å². The summed E-state index contributed by atoms with van der Waals surface area (Å²) in [6.07, 6.45) is 4.21. The molecule has 0 aliphatic heterocycles. The maximum atomic E-state index is 12.2. The predicted octanol–water partition coefficient (Wildman–Crippen LogP) is 2.31. The summed E-state index contributed by atoms with van der Waals surface area (Å²) >= 11 is 11.0. The molecule has 18 heavy (non-hydrogen) atoms. The van der Waals surface area contributed by atoms with E-state index in [1.54, 1.807) is 6.07 Å². The van der Waals surface area contributed by atoms with Gasteiger partial charge >= 0.3 is 0 Å². The number of aromatic nitrogens is 1. The van der Waals surface area contributed by atoms with Gasteiger partial charge < -0.3 is 11.1 Å². The van der Waals surface area contributed by atoms with Gasteiger partial charge in [0.15, 0.2) is 0 Å². The van der Waals surface area contributed by atoms with Gasteiger partial charge in [-0.05, 0) is 18.9 Å². The van der Waals surface area contributed by atoms with Crippen LogP contribution >= 0.6 is 23.8 Å². The fourth-order valence-electron chi connectivity index (χ4n) is 1.68. The fraction of sp³-hybridized carbons (Fsp3) is 0.417. The molecule has 0 aliphatic carbocycles. The second kappa shape index (κ2) is 6.11. The molecule has 1 amide bonds. The highest BCUT2D eigenvalue weighted by Crippen LogP contribution is 2.19. The van der Waals surface area contributed by atoms with Gasteiger partial charge in [0.2, 0.25) is 0 Å². The van der Waals surface area contributed by atoms with Crippen LogP contribution in [0.1, 0.15) is 37.0 Å². The Morgan fingerprint density at radius 3 is 2.61 bits per heavy atom. The van der Waals surface area contributed by atoms with E-state index in [-0.39, 0.29) is 10.9 Å². The zero-order valence-electron chi connectivity index (χ0n) is 10.4. The van der Waals surface area contributed by atoms with Crippen molar-refractivity contribution in [2.75, 3.05) is 0 Å². The maximum absolute atomic E-state index is 12.2. The number of nitrogens with one attached hydrogen (secondary N) is 1. The largest absolute Gasteiger partial charge is 0.391 e. The molecule has 0 aromatic carbocycles. The van der Waals surface area contributed by atoms with Crippen molar-refractivity contribution in [3.05, 3.63) is 29.0 Å². The molecule has 0 bridgehead atoms. The van der Waals surface area contributed by atoms with Crippen molar-refractivity contribution in [1.82, 2.24) is 10.3 Å². The van der Waals surface area contributed by atoms with Gasteiger partial charge in [0, 0.05) is 12.4 Å². The van der Waals surface area contributed by atoms with E-state index in [0.29, 0.717) is 23.4 Å². The number of carbonyl (C=O) groups is 1. The zero-order chi connectivity index (χ0) is 13.8. The van der Waals surface area contributed by atoms with Crippen LogP contribution < -0.4 is 11.1 Å². The number of carbonyl (C=O) groups excluding carboxylic acids is 1. The van der Waals surface area contributed by atoms with Crippen LogP contribution in [0.25, 0.3) is 0 Å². The second-order valence-electron chi connectivity index (χ2n) is 3.96. The number of thiocarbonyl (C=S) groups is 1. The highest BCUT2D eigenvalue weighted by atomic mass is 35.5. The number of hydrogen-bond donors (Lipinski definition) is 2. The molecule has 1 heterocycles. The van der Waals surface area contributed by atoms with Crippen molar-refractivity contribution in [3.63, 3.8) is 0 Å². The first-order valence-corrected chi connectivity index (χ1v) is 6.47. The van der Waals surface area contributed by atoms with E-state index in [1.165, 1.54) is 12.4 Å². The molecule has 6 heteroatoms. The average molecular weight is 286 g/mol. The van der Waals surface area contributed by atoms with Crippen LogP contribution in [-0.4, -0.2) is 21.4 Å². The molecule has 0 atom stereocenters. The minimum atomic E-state index is -0.668. The molecule has 4 nitrogen and oxygen atoms in total. The highest BCUT2D eigenvalue weighted by molar-refractivity contribution is 7.80. The molecule has 1 rings (SSSR count). The van der Waals surface area contributed by atoms with Crippen LogP contribution in [0, 0.1) is 0 Å². The summed E-state index contributed by atoms with van der Waals surface area (Å²) in [5, 5.41) is 3.17. The molecule has 0 saturated carbocycles. The molecule has 0 radical (unpaired) electrons. The zero-order valence-corrected chi connectivity index (χ0v) is 11.9. The van der Waals surface area contributed by atoms with Crippen LogP contribution in [0.2, 0.25) is 5.02 Å². The van der Waals surface area contributed by atoms with Crippen LogP contribution in [0.3, 0.4) is 0 Å². The molecular formula is C12H16ClN3OS. The predicted molar refractivity (Wildman–Crippen MR) is 76.8 cm³/mol. The van der Waals surface area contributed by atoms with Crippen molar-refractivity contribution in [3.8, 4) is 0 Å². The number of pyridine rings is 1. The number of amides is 1. The van der Waals surface area contributed by atoms with E-state index in [4.69, 9.17) is 29.6 Å². The van der Waals surface area contributed by atoms with Gasteiger partial charge in [-0.3, -0.25) is 9.78 Å². The third-order valence-electron chi connectivity index (χ3n) is 3.05. The van der Waals surface area contributed by atoms with Crippen molar-refractivity contribution < 1.29 is 4.79 Å². The molecule has 0 saturated heterocycles. The first kappa shape index (κ1) is 14.9. The number of nitrogens with zero attached hydrogens (tertiary/aromatic N) is 1. The molecule has 0 spiro atoms. The van der Waals surface area contributed by atoms with Gasteiger partial charge in [0.1, 0.15) is 0 Å². The normalized spacial score (nSPS) is 11.1. The summed E-state index contributed by atoms with van der Waals surface area (Å²) in [6.45, 7) is 3.86. The van der Waals surface area contributed by atoms with Gasteiger partial charge in [0.25, 0.3) is 5.91 Å². The van der Waals surface area contributed by atoms with Crippen LogP contribution in [0.15, 0.2) is 18.5 Å². The summed E-state index contributed by atoms with van der Waals surface area (Å²) in [7, 11) is 0. The van der Waals surface area contributed by atoms with Crippen molar-refractivity contribution in [2.45, 2.75) is 32.2 Å². The van der Waals surface area contributed by atoms with Crippen molar-refractivity contribution in [1.29, 1.82) is 0 Å². The lowest BCUT2D eigenvalue weighted by molar-refractivity contribution is 0.0920. The first-order valence-electron chi connectivity index (χ1n) is 5.68. The Bertz CT molecular complexity index is 460. The van der Waals surface area contributed by atoms with E-state index in [0.717, 1.165) is 0 Å². The lowest BCUT2D eigenvalue weighted by atomic mass is 9.92. The van der Waals surface area contributed by atoms with Gasteiger partial charge in [-0.2, -0.15) is 0 Å². The van der Waals surface area contributed by atoms with E-state index in [9.17, 15) is 4.79 Å². The smallest absolute Gasteiger partial charge is 0.253 e. The summed E-state index contributed by atoms with van der Waals surface area (Å²) in [5.74, 6) is -0.293. The molecule has 3 N–H and O–H groups in total. The number of nitrogens with two attached hydrogens (primary N) is 1. The van der Waals surface area contributed by atoms with Gasteiger partial charge in [-0.25, -0.2) is 0 Å². The molecule has 0 aliphatic rings. The van der Waals surface area contributed by atoms with Gasteiger partial charge in [0.05, 0.1) is 21.1 Å². The molecule has 0 unspecified atom stereocenters. The summed E-state index contributed by atoms with van der Waals surface area (Å²) in [6, 6.07) is 1.56. The third kappa shape index (κ3) is 2.97. The number of hydrogen-bond acceptors (Lipinski definition) is 3. The topological polar surface area (TPSA) is 68.0 Å². The Hall–Kier alpha value is -1.20. The Morgan fingerprint density at radius 2 is 2.17 bits per heavy atom. The standard InChI is InChI=1S/C12H16ClN3OS/c1-3-12(4-2,11(14)18)16-10(17)8-5-6-15-7-9(8)13/h5-7H,3-4H2,1-2H3,(H2,14,18)(H,16,17). The minimum absolute atomic E-state index is 0.283. The molecule has 98 valence electrons. The van der Waals surface area contributed by atoms with Crippen LogP contribution in [0.4, 0.5) is 0 Å². The monoisotopic (exact) mass is 285 g/mol. The summed E-state index contributed by atoms with van der Waals surface area (Å²) < 4.78 is 0. The average Bonchev–Trinajstić information content (AvgIpc) is 2.36. The molecule has 1 aromatic heterocycles. The minimum Gasteiger partial charge on any atom is -0.391 e. The van der Waals surface area contributed by atoms with E-state index in [1.807, 2.05) is 13.8 Å². The highest BCUT2D eigenvalue weighted by Gasteiger charge is 2.32. The fourth-order valence-corrected chi connectivity index (χ4v) is 2.23. The summed E-state index contributed by atoms with van der Waals surface area (Å²) in [5.41, 5.74) is 5.43. The lowest BCUT2D eigenvalue weighted by Crippen LogP contribution is -2.56. The van der Waals surface area contributed by atoms with Gasteiger partial charge in [-0.15, -0.1) is 0 Å². The Balaban J connectivity index is 3.00. The Labute approximate surface area is 117 Å². The van der Waals surface area contributed by atoms with Crippen molar-refractivity contribution >= 4 is 34.7 Å². The maximum Gasteiger partial charge on any atom is 0.253 e. The summed E-state index contributed by atoms with van der Waals surface area (Å²) in [4.78, 5) is 16.3. The third-order valence-corrected chi connectivity index (χ3v) is 3.74. The first-order chi connectivity index (χ1) is 8.46. The molecule has 1 aromatic rings. The van der Waals surface area contributed by atoms with E-state index < -0.39 is 5.54 Å². The number of rotatable bonds is 5. The van der Waals surface area contributed by atoms with E-state index in [2.05, 4.69) is 10.3 Å². The molecular weight excluding hydrogens is 270 g/mol. The van der Waals surface area contributed by atoms with Gasteiger partial charge in [-0.1, -0.05) is 37.7 Å². The Kier molecular flexibility index (Phi) is 5.04.